The Balaban J connectivity index is 1.29. The lowest BCUT2D eigenvalue weighted by molar-refractivity contribution is 0.220. The van der Waals surface area contributed by atoms with Crippen molar-refractivity contribution in [3.63, 3.8) is 0 Å². The molecule has 0 amide bonds. The van der Waals surface area contributed by atoms with Gasteiger partial charge in [-0.15, -0.1) is 11.3 Å². The summed E-state index contributed by atoms with van der Waals surface area (Å²) in [6, 6.07) is 13.1. The molecular formula is C22H23N5S. The largest absolute Gasteiger partial charge is 0.296 e. The molecule has 0 radical (unpaired) electrons. The first kappa shape index (κ1) is 17.5. The lowest BCUT2D eigenvalue weighted by Gasteiger charge is -2.28. The van der Waals surface area contributed by atoms with Gasteiger partial charge in [-0.1, -0.05) is 12.1 Å². The van der Waals surface area contributed by atoms with Crippen molar-refractivity contribution < 1.29 is 0 Å². The highest BCUT2D eigenvalue weighted by Crippen LogP contribution is 2.27. The van der Waals surface area contributed by atoms with Gasteiger partial charge in [0.2, 0.25) is 0 Å². The van der Waals surface area contributed by atoms with Crippen LogP contribution in [-0.2, 0) is 19.4 Å². The summed E-state index contributed by atoms with van der Waals surface area (Å²) < 4.78 is 3.30. The highest BCUT2D eigenvalue weighted by molar-refractivity contribution is 7.16. The molecule has 0 N–H and O–H groups in total. The predicted octanol–water partition coefficient (Wildman–Crippen LogP) is 4.10. The molecule has 0 saturated heterocycles. The molecule has 0 bridgehead atoms. The minimum atomic E-state index is 0.385. The number of hydrogen-bond donors (Lipinski definition) is 0. The number of aromatic nitrogens is 4. The summed E-state index contributed by atoms with van der Waals surface area (Å²) in [6.45, 7) is 5.13. The van der Waals surface area contributed by atoms with E-state index in [2.05, 4.69) is 52.3 Å². The lowest BCUT2D eigenvalue weighted by Crippen LogP contribution is -2.29. The van der Waals surface area contributed by atoms with Crippen molar-refractivity contribution in [3.8, 4) is 0 Å². The first-order chi connectivity index (χ1) is 13.8. The van der Waals surface area contributed by atoms with Crippen molar-refractivity contribution >= 4 is 21.6 Å². The van der Waals surface area contributed by atoms with Crippen LogP contribution in [0.3, 0.4) is 0 Å². The molecule has 4 heterocycles. The highest BCUT2D eigenvalue weighted by atomic mass is 32.1. The standard InChI is InChI=1S/C22H23N5S/c1-16(17-5-6-22-21(12-17)24-15-28-22)26-10-7-18-13-27(25-20(18)8-11-26)14-19-4-2-3-9-23-19/h2-6,9,12-13,15-16H,7-8,10-11,14H2,1H3. The van der Waals surface area contributed by atoms with E-state index in [0.29, 0.717) is 6.04 Å². The average Bonchev–Trinajstić information content (AvgIpc) is 3.30. The molecule has 1 atom stereocenters. The topological polar surface area (TPSA) is 46.8 Å². The second kappa shape index (κ2) is 7.45. The minimum absolute atomic E-state index is 0.385. The van der Waals surface area contributed by atoms with E-state index in [0.717, 1.165) is 43.7 Å². The number of pyridine rings is 1. The number of rotatable bonds is 4. The van der Waals surface area contributed by atoms with Crippen LogP contribution in [0.5, 0.6) is 0 Å². The van der Waals surface area contributed by atoms with E-state index in [4.69, 9.17) is 5.10 Å². The Morgan fingerprint density at radius 1 is 1.11 bits per heavy atom. The Hall–Kier alpha value is -2.57. The molecule has 1 unspecified atom stereocenters. The molecular weight excluding hydrogens is 366 g/mol. The molecule has 4 aromatic rings. The maximum absolute atomic E-state index is 4.85. The van der Waals surface area contributed by atoms with Crippen molar-refractivity contribution in [2.45, 2.75) is 32.4 Å². The summed E-state index contributed by atoms with van der Waals surface area (Å²) in [7, 11) is 0. The minimum Gasteiger partial charge on any atom is -0.296 e. The van der Waals surface area contributed by atoms with E-state index < -0.39 is 0 Å². The van der Waals surface area contributed by atoms with Gasteiger partial charge in [-0.25, -0.2) is 4.98 Å². The number of hydrogen-bond acceptors (Lipinski definition) is 5. The van der Waals surface area contributed by atoms with Crippen molar-refractivity contribution in [2.24, 2.45) is 0 Å². The van der Waals surface area contributed by atoms with Crippen molar-refractivity contribution in [2.75, 3.05) is 13.1 Å². The molecule has 5 rings (SSSR count). The van der Waals surface area contributed by atoms with Crippen LogP contribution in [0.2, 0.25) is 0 Å². The van der Waals surface area contributed by atoms with Gasteiger partial charge in [0.25, 0.3) is 0 Å². The molecule has 6 heteroatoms. The first-order valence-corrected chi connectivity index (χ1v) is 10.7. The van der Waals surface area contributed by atoms with Crippen LogP contribution in [0.25, 0.3) is 10.2 Å². The molecule has 3 aromatic heterocycles. The van der Waals surface area contributed by atoms with Crippen molar-refractivity contribution in [3.05, 3.63) is 76.8 Å². The SMILES string of the molecule is CC(c1ccc2scnc2c1)N1CCc2cn(Cc3ccccn3)nc2CC1. The fourth-order valence-corrected chi connectivity index (χ4v) is 4.68. The van der Waals surface area contributed by atoms with Crippen LogP contribution in [-0.4, -0.2) is 37.7 Å². The Kier molecular flexibility index (Phi) is 4.66. The quantitative estimate of drug-likeness (QED) is 0.527. The van der Waals surface area contributed by atoms with Crippen LogP contribution < -0.4 is 0 Å². The normalized spacial score (nSPS) is 16.0. The van der Waals surface area contributed by atoms with Gasteiger partial charge in [-0.05, 0) is 48.7 Å². The fraction of sp³-hybridized carbons (Fsp3) is 0.318. The van der Waals surface area contributed by atoms with E-state index in [-0.39, 0.29) is 0 Å². The average molecular weight is 390 g/mol. The summed E-state index contributed by atoms with van der Waals surface area (Å²) in [5.74, 6) is 0. The van der Waals surface area contributed by atoms with E-state index in [1.165, 1.54) is 21.5 Å². The van der Waals surface area contributed by atoms with E-state index in [9.17, 15) is 0 Å². The highest BCUT2D eigenvalue weighted by Gasteiger charge is 2.22. The van der Waals surface area contributed by atoms with Crippen LogP contribution in [0.1, 0.15) is 35.5 Å². The molecule has 5 nitrogen and oxygen atoms in total. The third kappa shape index (κ3) is 3.45. The number of nitrogens with zero attached hydrogens (tertiary/aromatic N) is 5. The maximum Gasteiger partial charge on any atom is 0.0831 e. The molecule has 0 aliphatic carbocycles. The smallest absolute Gasteiger partial charge is 0.0831 e. The van der Waals surface area contributed by atoms with Crippen molar-refractivity contribution in [1.82, 2.24) is 24.6 Å². The van der Waals surface area contributed by atoms with Crippen LogP contribution in [0.4, 0.5) is 0 Å². The Morgan fingerprint density at radius 2 is 2.04 bits per heavy atom. The maximum atomic E-state index is 4.85. The summed E-state index contributed by atoms with van der Waals surface area (Å²) in [5.41, 5.74) is 8.04. The molecule has 1 aliphatic heterocycles. The molecule has 142 valence electrons. The predicted molar refractivity (Wildman–Crippen MR) is 113 cm³/mol. The summed E-state index contributed by atoms with van der Waals surface area (Å²) >= 11 is 1.70. The fourth-order valence-electron chi connectivity index (χ4n) is 4.02. The van der Waals surface area contributed by atoms with Gasteiger partial charge in [-0.3, -0.25) is 14.6 Å². The third-order valence-corrected chi connectivity index (χ3v) is 6.47. The molecule has 0 spiro atoms. The summed E-state index contributed by atoms with van der Waals surface area (Å²) in [4.78, 5) is 11.5. The molecule has 28 heavy (non-hydrogen) atoms. The second-order valence-electron chi connectivity index (χ2n) is 7.41. The number of fused-ring (bicyclic) bond motifs is 2. The summed E-state index contributed by atoms with van der Waals surface area (Å²) in [6.07, 6.45) is 6.08. The molecule has 0 fully saturated rings. The van der Waals surface area contributed by atoms with Gasteiger partial charge in [0.05, 0.1) is 33.7 Å². The molecule has 1 aliphatic rings. The van der Waals surface area contributed by atoms with Crippen LogP contribution in [0.15, 0.2) is 54.3 Å². The van der Waals surface area contributed by atoms with Crippen LogP contribution in [0, 0.1) is 0 Å². The van der Waals surface area contributed by atoms with Gasteiger partial charge >= 0.3 is 0 Å². The van der Waals surface area contributed by atoms with Crippen molar-refractivity contribution in [1.29, 1.82) is 0 Å². The zero-order valence-corrected chi connectivity index (χ0v) is 16.8. The molecule has 0 saturated carbocycles. The monoisotopic (exact) mass is 389 g/mol. The van der Waals surface area contributed by atoms with Gasteiger partial charge in [0.1, 0.15) is 0 Å². The third-order valence-electron chi connectivity index (χ3n) is 5.66. The van der Waals surface area contributed by atoms with E-state index >= 15 is 0 Å². The van der Waals surface area contributed by atoms with Gasteiger partial charge < -0.3 is 0 Å². The van der Waals surface area contributed by atoms with E-state index in [1.807, 2.05) is 28.5 Å². The number of thiazole rings is 1. The zero-order valence-electron chi connectivity index (χ0n) is 16.0. The first-order valence-electron chi connectivity index (χ1n) is 9.78. The summed E-state index contributed by atoms with van der Waals surface area (Å²) in [5, 5.41) is 4.85. The lowest BCUT2D eigenvalue weighted by atomic mass is 10.1. The van der Waals surface area contributed by atoms with Gasteiger partial charge in [0, 0.05) is 37.9 Å². The second-order valence-corrected chi connectivity index (χ2v) is 8.30. The Labute approximate surface area is 168 Å². The van der Waals surface area contributed by atoms with Gasteiger partial charge in [-0.2, -0.15) is 5.10 Å². The molecule has 1 aromatic carbocycles. The Bertz CT molecular complexity index is 1060. The number of benzene rings is 1. The van der Waals surface area contributed by atoms with Crippen LogP contribution >= 0.6 is 11.3 Å². The van der Waals surface area contributed by atoms with E-state index in [1.54, 1.807) is 11.3 Å². The Morgan fingerprint density at radius 3 is 2.93 bits per heavy atom. The zero-order chi connectivity index (χ0) is 18.9. The van der Waals surface area contributed by atoms with Gasteiger partial charge in [0.15, 0.2) is 0 Å².